The van der Waals surface area contributed by atoms with E-state index in [0.717, 1.165) is 20.9 Å². The second-order valence-corrected chi connectivity index (χ2v) is 19.8. The number of nitrogens with zero attached hydrogens (tertiary/aromatic N) is 5. The predicted molar refractivity (Wildman–Crippen MR) is 233 cm³/mol. The van der Waals surface area contributed by atoms with Crippen LogP contribution in [0.2, 0.25) is 0 Å². The van der Waals surface area contributed by atoms with Crippen LogP contribution < -0.4 is 20.3 Å². The monoisotopic (exact) mass is 927 g/mol. The van der Waals surface area contributed by atoms with Crippen molar-refractivity contribution in [1.29, 1.82) is 0 Å². The van der Waals surface area contributed by atoms with Crippen LogP contribution in [0.5, 0.6) is 5.75 Å². The highest BCUT2D eigenvalue weighted by molar-refractivity contribution is 8.00. The molecule has 64 heavy (non-hydrogen) atoms. The van der Waals surface area contributed by atoms with Crippen LogP contribution in [-0.2, 0) is 35.8 Å². The van der Waals surface area contributed by atoms with E-state index in [1.807, 2.05) is 0 Å². The molecule has 3 aromatic carbocycles. The number of nitrogens with one attached hydrogen (secondary N) is 2. The van der Waals surface area contributed by atoms with Gasteiger partial charge < -0.3 is 20.3 Å². The van der Waals surface area contributed by atoms with Crippen molar-refractivity contribution in [3.05, 3.63) is 131 Å². The van der Waals surface area contributed by atoms with Gasteiger partial charge in [0.15, 0.2) is 0 Å². The minimum atomic E-state index is -4.56. The molecule has 0 unspecified atom stereocenters. The number of carbonyl (C=O) groups is 2. The molecule has 342 valence electrons. The van der Waals surface area contributed by atoms with Crippen molar-refractivity contribution in [1.82, 2.24) is 29.2 Å². The van der Waals surface area contributed by atoms with Gasteiger partial charge in [-0.2, -0.15) is 13.2 Å². The van der Waals surface area contributed by atoms with E-state index < -0.39 is 55.3 Å². The molecule has 1 saturated heterocycles. The molecule has 20 heteroatoms. The third-order valence-corrected chi connectivity index (χ3v) is 14.4. The number of hydrogen-bond acceptors (Lipinski definition) is 12. The quantitative estimate of drug-likeness (QED) is 0.117. The molecule has 1 fully saturated rings. The van der Waals surface area contributed by atoms with E-state index in [4.69, 9.17) is 4.74 Å². The number of ether oxygens (including phenoxy) is 1. The molecule has 4 heterocycles. The second-order valence-electron chi connectivity index (χ2n) is 16.3. The fourth-order valence-corrected chi connectivity index (χ4v) is 11.4. The second kappa shape index (κ2) is 19.0. The van der Waals surface area contributed by atoms with Gasteiger partial charge in [-0.25, -0.2) is 39.8 Å². The Bertz CT molecular complexity index is 2620. The van der Waals surface area contributed by atoms with Crippen LogP contribution in [0.25, 0.3) is 9.81 Å². The number of aromatic nitrogens is 2. The molecular weight excluding hydrogens is 879 g/mol. The Morgan fingerprint density at radius 2 is 1.34 bits per heavy atom. The van der Waals surface area contributed by atoms with Crippen LogP contribution in [-0.4, -0.2) is 91.1 Å². The number of alkyl halides is 3. The average molecular weight is 928 g/mol. The lowest BCUT2D eigenvalue weighted by Crippen LogP contribution is -2.46. The maximum atomic E-state index is 13.2. The Kier molecular flexibility index (Phi) is 14.1. The Morgan fingerprint density at radius 3 is 1.88 bits per heavy atom. The van der Waals surface area contributed by atoms with Gasteiger partial charge in [0.2, 0.25) is 5.95 Å². The van der Waals surface area contributed by atoms with E-state index in [1.54, 1.807) is 100 Å². The first-order valence-corrected chi connectivity index (χ1v) is 23.3. The average Bonchev–Trinajstić information content (AvgIpc) is 3.57. The highest BCUT2D eigenvalue weighted by Crippen LogP contribution is 2.39. The Balaban J connectivity index is 0.000000214. The zero-order valence-corrected chi connectivity index (χ0v) is 37.4. The zero-order valence-electron chi connectivity index (χ0n) is 35.8. The van der Waals surface area contributed by atoms with Crippen molar-refractivity contribution < 1.29 is 48.7 Å². The number of halogens is 4. The molecule has 2 amide bonds. The zero-order chi connectivity index (χ0) is 46.6. The van der Waals surface area contributed by atoms with Gasteiger partial charge in [-0.1, -0.05) is 60.7 Å². The summed E-state index contributed by atoms with van der Waals surface area (Å²) in [5.74, 6) is -0.992. The summed E-state index contributed by atoms with van der Waals surface area (Å²) in [6.07, 6.45) is -2.05. The minimum absolute atomic E-state index is 0.0111. The fraction of sp³-hybridized carbons (Fsp3) is 0.364. The van der Waals surface area contributed by atoms with Crippen LogP contribution in [0.15, 0.2) is 109 Å². The van der Waals surface area contributed by atoms with Crippen LogP contribution in [0.1, 0.15) is 70.7 Å². The number of hydrogen-bond donors (Lipinski definition) is 2. The molecule has 1 aromatic heterocycles. The highest BCUT2D eigenvalue weighted by atomic mass is 32.2. The topological polar surface area (TPSA) is 171 Å². The Labute approximate surface area is 370 Å². The van der Waals surface area contributed by atoms with Crippen molar-refractivity contribution in [2.75, 3.05) is 31.1 Å². The summed E-state index contributed by atoms with van der Waals surface area (Å²) >= 11 is 0. The van der Waals surface area contributed by atoms with Gasteiger partial charge in [0.05, 0.1) is 12.1 Å². The number of benzene rings is 3. The first kappa shape index (κ1) is 47.5. The molecule has 0 aliphatic carbocycles. The number of anilines is 1. The normalized spacial score (nSPS) is 17.8. The number of piperidine rings is 1. The van der Waals surface area contributed by atoms with Gasteiger partial charge >= 0.3 is 6.18 Å². The molecule has 3 aliphatic heterocycles. The molecule has 0 atom stereocenters. The van der Waals surface area contributed by atoms with E-state index in [2.05, 4.69) is 20.6 Å². The summed E-state index contributed by atoms with van der Waals surface area (Å²) in [5, 5.41) is 6.13. The summed E-state index contributed by atoms with van der Waals surface area (Å²) in [7, 11) is -8.03. The molecule has 0 saturated carbocycles. The van der Waals surface area contributed by atoms with Gasteiger partial charge in [-0.3, -0.25) is 9.59 Å². The number of amides is 2. The van der Waals surface area contributed by atoms with Gasteiger partial charge in [-0.15, -0.1) is 0 Å². The van der Waals surface area contributed by atoms with Crippen molar-refractivity contribution in [2.45, 2.75) is 77.7 Å². The Hall–Kier alpha value is -6.02. The van der Waals surface area contributed by atoms with Gasteiger partial charge in [0.1, 0.15) is 38.5 Å². The van der Waals surface area contributed by atoms with Crippen molar-refractivity contribution in [3.8, 4) is 5.75 Å². The molecule has 0 spiro atoms. The van der Waals surface area contributed by atoms with E-state index in [1.165, 1.54) is 24.3 Å². The summed E-state index contributed by atoms with van der Waals surface area (Å²) in [6.45, 7) is 9.69. The van der Waals surface area contributed by atoms with Crippen molar-refractivity contribution in [2.24, 2.45) is 0 Å². The largest absolute Gasteiger partial charge is 0.494 e. The molecule has 14 nitrogen and oxygen atoms in total. The van der Waals surface area contributed by atoms with Crippen molar-refractivity contribution >= 4 is 47.6 Å². The molecule has 0 bridgehead atoms. The SMILES string of the molecule is CC(C)(C)N1C(=O)C(NCCCOc2ccc(F)cc2)=C(c2ccccc2)S1(=O)=O.CC(C)N1C(=O)C(NC2CCN(c3nccc(C(F)(F)F)n3)CC2)=C(c2ccccc2)S1(=O)=O. The van der Waals surface area contributed by atoms with E-state index >= 15 is 0 Å². The molecule has 3 aliphatic rings. The summed E-state index contributed by atoms with van der Waals surface area (Å²) < 4.78 is 112. The first-order valence-electron chi connectivity index (χ1n) is 20.4. The maximum absolute atomic E-state index is 13.2. The van der Waals surface area contributed by atoms with Crippen LogP contribution in [0.3, 0.4) is 0 Å². The fourth-order valence-electron chi connectivity index (χ4n) is 7.39. The molecule has 0 radical (unpaired) electrons. The summed E-state index contributed by atoms with van der Waals surface area (Å²) in [4.78, 5) is 35.3. The standard InChI is InChI=1S/C22H24F3N5O3S.C22H25FN2O4S/c1-14(2)30-20(31)18(19(34(30,32)33)15-6-4-3-5-7-15)27-16-9-12-29(13-10-16)21-26-11-8-17(28-21)22(23,24)25;1-22(2,3)25-21(26)19(20(30(25,27)28)16-8-5-4-6-9-16)24-14-7-15-29-18-12-10-17(23)11-13-18/h3-8,11,14,16,27H,9-10,12-13H2,1-2H3;4-6,8-13,24H,7,14-15H2,1-3H3. The summed E-state index contributed by atoms with van der Waals surface area (Å²) in [5.41, 5.74) is -0.943. The first-order chi connectivity index (χ1) is 30.1. The van der Waals surface area contributed by atoms with Crippen molar-refractivity contribution in [3.63, 3.8) is 0 Å². The predicted octanol–water partition coefficient (Wildman–Crippen LogP) is 6.53. The number of sulfonamides is 2. The van der Waals surface area contributed by atoms with Crippen LogP contribution in [0.4, 0.5) is 23.5 Å². The molecular formula is C44H49F4N7O7S2. The van der Waals surface area contributed by atoms with Gasteiger partial charge in [-0.05, 0) is 95.3 Å². The number of rotatable bonds is 12. The maximum Gasteiger partial charge on any atom is 0.433 e. The van der Waals surface area contributed by atoms with E-state index in [-0.39, 0.29) is 39.0 Å². The van der Waals surface area contributed by atoms with E-state index in [9.17, 15) is 44.0 Å². The van der Waals surface area contributed by atoms with Crippen LogP contribution >= 0.6 is 0 Å². The van der Waals surface area contributed by atoms with Gasteiger partial charge in [0.25, 0.3) is 31.9 Å². The molecule has 2 N–H and O–H groups in total. The minimum Gasteiger partial charge on any atom is -0.494 e. The highest BCUT2D eigenvalue weighted by Gasteiger charge is 2.50. The van der Waals surface area contributed by atoms with Gasteiger partial charge in [0, 0.05) is 37.9 Å². The molecule has 7 rings (SSSR count). The van der Waals surface area contributed by atoms with Crippen LogP contribution in [0, 0.1) is 5.82 Å². The third-order valence-electron chi connectivity index (χ3n) is 10.2. The lowest BCUT2D eigenvalue weighted by atomic mass is 10.0. The lowest BCUT2D eigenvalue weighted by molar-refractivity contribution is -0.141. The number of carbonyl (C=O) groups excluding carboxylic acids is 2. The lowest BCUT2D eigenvalue weighted by Gasteiger charge is -2.33. The molecule has 4 aromatic rings. The Morgan fingerprint density at radius 1 is 0.781 bits per heavy atom. The smallest absolute Gasteiger partial charge is 0.433 e. The van der Waals surface area contributed by atoms with E-state index in [0.29, 0.717) is 62.4 Å². The third kappa shape index (κ3) is 10.3. The summed E-state index contributed by atoms with van der Waals surface area (Å²) in [6, 6.07) is 22.7.